The van der Waals surface area contributed by atoms with E-state index in [9.17, 15) is 17.6 Å². The van der Waals surface area contributed by atoms with Crippen LogP contribution in [0.25, 0.3) is 22.0 Å². The molecule has 0 aliphatic heterocycles. The Morgan fingerprint density at radius 1 is 1.00 bits per heavy atom. The Kier molecular flexibility index (Phi) is 4.80. The van der Waals surface area contributed by atoms with Gasteiger partial charge in [0.25, 0.3) is 0 Å². The third-order valence-electron chi connectivity index (χ3n) is 4.44. The molecule has 3 aromatic rings. The van der Waals surface area contributed by atoms with Gasteiger partial charge in [0, 0.05) is 35.8 Å². The second-order valence-corrected chi connectivity index (χ2v) is 7.94. The van der Waals surface area contributed by atoms with Crippen LogP contribution in [0.1, 0.15) is 31.9 Å². The maximum Gasteiger partial charge on any atom is 0.417 e. The lowest BCUT2D eigenvalue weighted by Gasteiger charge is -2.20. The summed E-state index contributed by atoms with van der Waals surface area (Å²) in [5, 5.41) is 0.632. The van der Waals surface area contributed by atoms with E-state index in [4.69, 9.17) is 5.73 Å². The van der Waals surface area contributed by atoms with Crippen LogP contribution in [0.3, 0.4) is 0 Å². The molecule has 27 heavy (non-hydrogen) atoms. The molecule has 2 N–H and O–H groups in total. The van der Waals surface area contributed by atoms with Crippen LogP contribution in [0.2, 0.25) is 0 Å². The van der Waals surface area contributed by atoms with Gasteiger partial charge in [0.2, 0.25) is 0 Å². The minimum Gasteiger partial charge on any atom is -0.347 e. The van der Waals surface area contributed by atoms with Crippen molar-refractivity contribution >= 4 is 10.9 Å². The van der Waals surface area contributed by atoms with E-state index < -0.39 is 17.6 Å². The summed E-state index contributed by atoms with van der Waals surface area (Å²) >= 11 is 0. The van der Waals surface area contributed by atoms with Gasteiger partial charge in [-0.25, -0.2) is 4.39 Å². The van der Waals surface area contributed by atoms with Crippen LogP contribution in [0.15, 0.2) is 42.6 Å². The molecule has 0 aliphatic rings. The molecule has 2 aromatic carbocycles. The second-order valence-electron chi connectivity index (χ2n) is 7.94. The van der Waals surface area contributed by atoms with Crippen LogP contribution >= 0.6 is 0 Å². The minimum absolute atomic E-state index is 0.0593. The summed E-state index contributed by atoms with van der Waals surface area (Å²) in [4.78, 5) is 0. The molecule has 0 saturated heterocycles. The zero-order valence-electron chi connectivity index (χ0n) is 15.5. The van der Waals surface area contributed by atoms with Gasteiger partial charge in [0.15, 0.2) is 0 Å². The fourth-order valence-electron chi connectivity index (χ4n) is 3.36. The molecular weight excluding hydrogens is 356 g/mol. The average molecular weight is 378 g/mol. The largest absolute Gasteiger partial charge is 0.417 e. The number of alkyl halides is 3. The van der Waals surface area contributed by atoms with Gasteiger partial charge < -0.3 is 10.3 Å². The van der Waals surface area contributed by atoms with E-state index in [1.165, 1.54) is 30.3 Å². The monoisotopic (exact) mass is 378 g/mol. The standard InChI is InChI=1S/C21H22F4N2/c1-20(2,3)12-27-11-13(10-26)15-8-18(22)16(9-19(15)27)14-6-4-5-7-17(14)21(23,24)25/h4-9,11H,10,12,26H2,1-3H3. The van der Waals surface area contributed by atoms with Crippen LogP contribution in [0.4, 0.5) is 17.6 Å². The molecule has 0 fully saturated rings. The molecule has 0 atom stereocenters. The zero-order valence-corrected chi connectivity index (χ0v) is 15.5. The van der Waals surface area contributed by atoms with Gasteiger partial charge in [-0.05, 0) is 34.7 Å². The first-order valence-corrected chi connectivity index (χ1v) is 8.69. The van der Waals surface area contributed by atoms with Crippen molar-refractivity contribution in [1.29, 1.82) is 0 Å². The molecule has 3 rings (SSSR count). The molecule has 1 aromatic heterocycles. The van der Waals surface area contributed by atoms with Crippen LogP contribution in [-0.4, -0.2) is 4.57 Å². The predicted molar refractivity (Wildman–Crippen MR) is 99.7 cm³/mol. The van der Waals surface area contributed by atoms with Crippen molar-refractivity contribution in [2.24, 2.45) is 11.1 Å². The number of rotatable bonds is 3. The highest BCUT2D eigenvalue weighted by molar-refractivity contribution is 5.89. The third-order valence-corrected chi connectivity index (χ3v) is 4.44. The van der Waals surface area contributed by atoms with Gasteiger partial charge in [-0.1, -0.05) is 39.0 Å². The molecule has 0 bridgehead atoms. The number of fused-ring (bicyclic) bond motifs is 1. The summed E-state index contributed by atoms with van der Waals surface area (Å²) in [6, 6.07) is 7.84. The molecule has 2 nitrogen and oxygen atoms in total. The summed E-state index contributed by atoms with van der Waals surface area (Å²) in [6.45, 7) is 7.04. The quantitative estimate of drug-likeness (QED) is 0.559. The van der Waals surface area contributed by atoms with Crippen molar-refractivity contribution in [3.8, 4) is 11.1 Å². The number of nitrogens with two attached hydrogens (primary N) is 1. The Balaban J connectivity index is 2.28. The van der Waals surface area contributed by atoms with Gasteiger partial charge in [0.05, 0.1) is 5.56 Å². The lowest BCUT2D eigenvalue weighted by molar-refractivity contribution is -0.137. The summed E-state index contributed by atoms with van der Waals surface area (Å²) in [5.74, 6) is -0.692. The topological polar surface area (TPSA) is 30.9 Å². The lowest BCUT2D eigenvalue weighted by atomic mass is 9.96. The van der Waals surface area contributed by atoms with Crippen LogP contribution < -0.4 is 5.73 Å². The normalized spacial score (nSPS) is 12.7. The highest BCUT2D eigenvalue weighted by atomic mass is 19.4. The van der Waals surface area contributed by atoms with E-state index in [2.05, 4.69) is 20.8 Å². The van der Waals surface area contributed by atoms with Crippen molar-refractivity contribution in [2.45, 2.75) is 40.0 Å². The van der Waals surface area contributed by atoms with Crippen molar-refractivity contribution < 1.29 is 17.6 Å². The highest BCUT2D eigenvalue weighted by Gasteiger charge is 2.34. The van der Waals surface area contributed by atoms with Gasteiger partial charge in [0.1, 0.15) is 5.82 Å². The molecule has 0 amide bonds. The molecule has 0 spiro atoms. The Morgan fingerprint density at radius 2 is 1.67 bits per heavy atom. The summed E-state index contributed by atoms with van der Waals surface area (Å²) < 4.78 is 56.9. The van der Waals surface area contributed by atoms with Crippen molar-refractivity contribution in [3.05, 3.63) is 59.5 Å². The SMILES string of the molecule is CC(C)(C)Cn1cc(CN)c2cc(F)c(-c3ccccc3C(F)(F)F)cc21. The van der Waals surface area contributed by atoms with E-state index in [-0.39, 0.29) is 23.1 Å². The minimum atomic E-state index is -4.56. The summed E-state index contributed by atoms with van der Waals surface area (Å²) in [5.41, 5.74) is 6.10. The van der Waals surface area contributed by atoms with E-state index in [1.807, 2.05) is 10.8 Å². The number of hydrogen-bond donors (Lipinski definition) is 1. The van der Waals surface area contributed by atoms with Crippen LogP contribution in [0.5, 0.6) is 0 Å². The van der Waals surface area contributed by atoms with Crippen LogP contribution in [0, 0.1) is 11.2 Å². The van der Waals surface area contributed by atoms with Gasteiger partial charge in [-0.3, -0.25) is 0 Å². The molecule has 0 unspecified atom stereocenters. The number of hydrogen-bond acceptors (Lipinski definition) is 1. The smallest absolute Gasteiger partial charge is 0.347 e. The molecule has 0 saturated carbocycles. The molecular formula is C21H22F4N2. The first-order chi connectivity index (χ1) is 12.5. The Bertz CT molecular complexity index is 978. The average Bonchev–Trinajstić information content (AvgIpc) is 2.88. The number of aromatic nitrogens is 1. The zero-order chi connectivity index (χ0) is 20.0. The van der Waals surface area contributed by atoms with Crippen molar-refractivity contribution in [2.75, 3.05) is 0 Å². The first-order valence-electron chi connectivity index (χ1n) is 8.69. The Morgan fingerprint density at radius 3 is 2.26 bits per heavy atom. The van der Waals surface area contributed by atoms with Crippen molar-refractivity contribution in [1.82, 2.24) is 4.57 Å². The second kappa shape index (κ2) is 6.68. The highest BCUT2D eigenvalue weighted by Crippen LogP contribution is 2.39. The fourth-order valence-corrected chi connectivity index (χ4v) is 3.36. The van der Waals surface area contributed by atoms with Crippen LogP contribution in [-0.2, 0) is 19.3 Å². The summed E-state index contributed by atoms with van der Waals surface area (Å²) in [6.07, 6.45) is -2.71. The molecule has 1 heterocycles. The summed E-state index contributed by atoms with van der Waals surface area (Å²) in [7, 11) is 0. The molecule has 6 heteroatoms. The number of nitrogens with zero attached hydrogens (tertiary/aromatic N) is 1. The van der Waals surface area contributed by atoms with E-state index in [0.717, 1.165) is 11.6 Å². The first kappa shape index (κ1) is 19.4. The lowest BCUT2D eigenvalue weighted by Crippen LogP contribution is -2.14. The molecule has 0 radical (unpaired) electrons. The number of halogens is 4. The van der Waals surface area contributed by atoms with Crippen molar-refractivity contribution in [3.63, 3.8) is 0 Å². The molecule has 0 aliphatic carbocycles. The van der Waals surface area contributed by atoms with Gasteiger partial charge >= 0.3 is 6.18 Å². The number of benzene rings is 2. The molecule has 144 valence electrons. The van der Waals surface area contributed by atoms with E-state index in [1.54, 1.807) is 0 Å². The predicted octanol–water partition coefficient (Wildman–Crippen LogP) is 5.97. The Labute approximate surface area is 155 Å². The van der Waals surface area contributed by atoms with Gasteiger partial charge in [-0.2, -0.15) is 13.2 Å². The van der Waals surface area contributed by atoms with E-state index in [0.29, 0.717) is 17.4 Å². The maximum atomic E-state index is 14.8. The van der Waals surface area contributed by atoms with Gasteiger partial charge in [-0.15, -0.1) is 0 Å². The third kappa shape index (κ3) is 3.86. The maximum absolute atomic E-state index is 14.8. The van der Waals surface area contributed by atoms with E-state index >= 15 is 0 Å². The Hall–Kier alpha value is -2.34. The fraction of sp³-hybridized carbons (Fsp3) is 0.333.